The van der Waals surface area contributed by atoms with Gasteiger partial charge in [-0.25, -0.2) is 4.98 Å². The van der Waals surface area contributed by atoms with Crippen molar-refractivity contribution in [3.63, 3.8) is 0 Å². The normalized spacial score (nSPS) is 10.8. The molecule has 2 aliphatic rings. The molecule has 0 saturated carbocycles. The van der Waals surface area contributed by atoms with E-state index in [-0.39, 0.29) is 13.8 Å². The summed E-state index contributed by atoms with van der Waals surface area (Å²) in [6.45, 7) is 29.9. The molecule has 0 atom stereocenters. The zero-order chi connectivity index (χ0) is 35.3. The molecule has 5 nitrogen and oxygen atoms in total. The number of hydrogen-bond donors (Lipinski definition) is 0. The molecule has 0 spiro atoms. The molecule has 1 aromatic heterocycles. The summed E-state index contributed by atoms with van der Waals surface area (Å²) in [6.07, 6.45) is 1.72. The highest BCUT2D eigenvalue weighted by atomic mass is 16.5. The molecule has 0 N–H and O–H groups in total. The molecule has 7 heteroatoms. The number of hydrogen-bond acceptors (Lipinski definition) is 5. The zero-order valence-corrected chi connectivity index (χ0v) is 31.3. The molecule has 46 heavy (non-hydrogen) atoms. The Bertz CT molecular complexity index is 1160. The van der Waals surface area contributed by atoms with Crippen molar-refractivity contribution in [1.29, 1.82) is 0 Å². The number of pyridine rings is 1. The SMILES string of the molecule is CB1OCc2cc(Oc3ccccc3)ccc21.CB1OCc2cc(Oc3ccccn3)ccc21.CC.CC.CC.CC.CC.CC. The van der Waals surface area contributed by atoms with Crippen LogP contribution in [0.4, 0.5) is 0 Å². The van der Waals surface area contributed by atoms with Gasteiger partial charge in [0.15, 0.2) is 0 Å². The van der Waals surface area contributed by atoms with Gasteiger partial charge in [0.25, 0.3) is 0 Å². The molecule has 3 aromatic carbocycles. The number of nitrogens with zero attached hydrogens (tertiary/aromatic N) is 1. The Morgan fingerprint density at radius 3 is 1.37 bits per heavy atom. The molecule has 0 bridgehead atoms. The molecule has 0 aliphatic carbocycles. The first kappa shape index (κ1) is 44.6. The summed E-state index contributed by atoms with van der Waals surface area (Å²) >= 11 is 0. The maximum Gasteiger partial charge on any atom is 0.324 e. The van der Waals surface area contributed by atoms with Crippen LogP contribution in [0.15, 0.2) is 91.1 Å². The molecule has 3 heterocycles. The smallest absolute Gasteiger partial charge is 0.324 e. The maximum atomic E-state index is 5.78. The standard InChI is InChI=1S/C14H13BO2.C13H12BNO2.6C2H6/c1-15-14-8-7-13(9-11(14)10-16-15)17-12-5-3-2-4-6-12;1-14-12-6-5-11(8-10(12)9-16-14)17-13-4-2-3-7-15-13;6*1-2/h2-9H,10H2,1H3;2-8H,9H2,1H3;6*1-2H3. The van der Waals surface area contributed by atoms with E-state index in [1.54, 1.807) is 6.20 Å². The van der Waals surface area contributed by atoms with Gasteiger partial charge in [0.05, 0.1) is 13.2 Å². The third-order valence-corrected chi connectivity index (χ3v) is 5.92. The molecule has 2 aliphatic heterocycles. The van der Waals surface area contributed by atoms with E-state index in [1.807, 2.05) is 150 Å². The van der Waals surface area contributed by atoms with Gasteiger partial charge >= 0.3 is 13.8 Å². The first-order chi connectivity index (χ1) is 22.7. The van der Waals surface area contributed by atoms with Gasteiger partial charge in [-0.3, -0.25) is 0 Å². The minimum atomic E-state index is 0.189. The van der Waals surface area contributed by atoms with E-state index in [0.29, 0.717) is 19.1 Å². The van der Waals surface area contributed by atoms with Crippen molar-refractivity contribution in [3.8, 4) is 23.1 Å². The number of para-hydroxylation sites is 1. The van der Waals surface area contributed by atoms with Gasteiger partial charge in [0.2, 0.25) is 5.88 Å². The Labute approximate surface area is 283 Å². The fourth-order valence-electron chi connectivity index (χ4n) is 4.10. The first-order valence-electron chi connectivity index (χ1n) is 17.5. The molecule has 4 aromatic rings. The van der Waals surface area contributed by atoms with Gasteiger partial charge in [-0.1, -0.05) is 133 Å². The van der Waals surface area contributed by atoms with Gasteiger partial charge in [0, 0.05) is 12.3 Å². The highest BCUT2D eigenvalue weighted by Crippen LogP contribution is 2.24. The van der Waals surface area contributed by atoms with Crippen LogP contribution in [0.25, 0.3) is 0 Å². The van der Waals surface area contributed by atoms with Crippen molar-refractivity contribution >= 4 is 24.8 Å². The van der Waals surface area contributed by atoms with Crippen LogP contribution in [0.3, 0.4) is 0 Å². The van der Waals surface area contributed by atoms with Crippen molar-refractivity contribution in [2.24, 2.45) is 0 Å². The highest BCUT2D eigenvalue weighted by Gasteiger charge is 2.24. The molecule has 0 radical (unpaired) electrons. The zero-order valence-electron chi connectivity index (χ0n) is 31.3. The second-order valence-electron chi connectivity index (χ2n) is 8.31. The molecule has 0 fully saturated rings. The summed E-state index contributed by atoms with van der Waals surface area (Å²) in [5.74, 6) is 3.15. The van der Waals surface area contributed by atoms with Crippen LogP contribution in [0, 0.1) is 0 Å². The van der Waals surface area contributed by atoms with Crippen LogP contribution in [0.5, 0.6) is 23.1 Å². The van der Waals surface area contributed by atoms with Crippen LogP contribution < -0.4 is 20.4 Å². The number of fused-ring (bicyclic) bond motifs is 2. The fraction of sp³-hybridized carbons (Fsp3) is 0.410. The minimum Gasteiger partial charge on any atom is -0.457 e. The summed E-state index contributed by atoms with van der Waals surface area (Å²) in [5, 5.41) is 0. The Balaban J connectivity index is 0. The second kappa shape index (κ2) is 28.9. The monoisotopic (exact) mass is 629 g/mol. The minimum absolute atomic E-state index is 0.189. The molecular formula is C39H61B2NO4. The molecule has 0 saturated heterocycles. The Hall–Kier alpha value is -3.54. The number of ether oxygens (including phenoxy) is 2. The lowest BCUT2D eigenvalue weighted by Crippen LogP contribution is -2.23. The fourth-order valence-corrected chi connectivity index (χ4v) is 4.10. The van der Waals surface area contributed by atoms with Crippen LogP contribution >= 0.6 is 0 Å². The van der Waals surface area contributed by atoms with E-state index in [9.17, 15) is 0 Å². The summed E-state index contributed by atoms with van der Waals surface area (Å²) < 4.78 is 22.6. The average Bonchev–Trinajstić information content (AvgIpc) is 3.72. The summed E-state index contributed by atoms with van der Waals surface area (Å²) in [5.41, 5.74) is 4.95. The lowest BCUT2D eigenvalue weighted by molar-refractivity contribution is 0.333. The van der Waals surface area contributed by atoms with Crippen molar-refractivity contribution in [1.82, 2.24) is 4.98 Å². The molecule has 0 amide bonds. The van der Waals surface area contributed by atoms with Crippen molar-refractivity contribution < 1.29 is 18.8 Å². The van der Waals surface area contributed by atoms with E-state index in [1.165, 1.54) is 22.1 Å². The van der Waals surface area contributed by atoms with E-state index in [0.717, 1.165) is 17.2 Å². The number of aromatic nitrogens is 1. The third-order valence-electron chi connectivity index (χ3n) is 5.92. The van der Waals surface area contributed by atoms with E-state index in [4.69, 9.17) is 18.8 Å². The highest BCUT2D eigenvalue weighted by molar-refractivity contribution is 6.67. The van der Waals surface area contributed by atoms with Crippen molar-refractivity contribution in [3.05, 3.63) is 102 Å². The molecule has 0 unspecified atom stereocenters. The molecule has 6 rings (SSSR count). The lowest BCUT2D eigenvalue weighted by atomic mass is 9.64. The van der Waals surface area contributed by atoms with Crippen LogP contribution in [-0.4, -0.2) is 18.8 Å². The first-order valence-corrected chi connectivity index (χ1v) is 17.5. The van der Waals surface area contributed by atoms with Crippen LogP contribution in [0.2, 0.25) is 13.6 Å². The van der Waals surface area contributed by atoms with E-state index >= 15 is 0 Å². The molecular weight excluding hydrogens is 568 g/mol. The van der Waals surface area contributed by atoms with Gasteiger partial charge in [0.1, 0.15) is 17.2 Å². The third kappa shape index (κ3) is 15.2. The van der Waals surface area contributed by atoms with Gasteiger partial charge in [-0.2, -0.15) is 0 Å². The van der Waals surface area contributed by atoms with Gasteiger partial charge in [-0.15, -0.1) is 0 Å². The summed E-state index contributed by atoms with van der Waals surface area (Å²) in [4.78, 5) is 4.13. The topological polar surface area (TPSA) is 49.8 Å². The Morgan fingerprint density at radius 2 is 0.935 bits per heavy atom. The van der Waals surface area contributed by atoms with Crippen LogP contribution in [-0.2, 0) is 22.5 Å². The second-order valence-corrected chi connectivity index (χ2v) is 8.31. The van der Waals surface area contributed by atoms with Gasteiger partial charge in [-0.05, 0) is 64.5 Å². The van der Waals surface area contributed by atoms with Crippen molar-refractivity contribution in [2.45, 2.75) is 110 Å². The lowest BCUT2D eigenvalue weighted by Gasteiger charge is -2.07. The number of benzene rings is 3. The summed E-state index contributed by atoms with van der Waals surface area (Å²) in [6, 6.07) is 27.6. The quantitative estimate of drug-likeness (QED) is 0.210. The van der Waals surface area contributed by atoms with Crippen molar-refractivity contribution in [2.75, 3.05) is 0 Å². The maximum absolute atomic E-state index is 5.78. The Kier molecular flexibility index (Phi) is 28.0. The van der Waals surface area contributed by atoms with E-state index in [2.05, 4.69) is 36.8 Å². The van der Waals surface area contributed by atoms with Gasteiger partial charge < -0.3 is 18.8 Å². The predicted octanol–water partition coefficient (Wildman–Crippen LogP) is 11.2. The summed E-state index contributed by atoms with van der Waals surface area (Å²) in [7, 11) is 0. The Morgan fingerprint density at radius 1 is 0.500 bits per heavy atom. The predicted molar refractivity (Wildman–Crippen MR) is 204 cm³/mol. The molecule has 252 valence electrons. The van der Waals surface area contributed by atoms with E-state index < -0.39 is 0 Å². The average molecular weight is 630 g/mol. The largest absolute Gasteiger partial charge is 0.457 e. The van der Waals surface area contributed by atoms with Crippen LogP contribution in [0.1, 0.15) is 94.2 Å². The number of rotatable bonds is 4.